The summed E-state index contributed by atoms with van der Waals surface area (Å²) >= 11 is 1.16. The average molecular weight is 574 g/mol. The number of carbonyl (C=O) groups is 3. The number of ether oxygens (including phenoxy) is 2. The summed E-state index contributed by atoms with van der Waals surface area (Å²) in [6.07, 6.45) is 1.56. The predicted molar refractivity (Wildman–Crippen MR) is 149 cm³/mol. The number of fused-ring (bicyclic) bond motifs is 2. The number of aromatic nitrogens is 1. The maximum absolute atomic E-state index is 12.9. The monoisotopic (exact) mass is 573 g/mol. The fourth-order valence-corrected chi connectivity index (χ4v) is 6.64. The third-order valence-electron chi connectivity index (χ3n) is 6.18. The Labute approximate surface area is 230 Å². The summed E-state index contributed by atoms with van der Waals surface area (Å²) in [4.78, 5) is 43.8. The molecule has 2 aromatic carbocycles. The lowest BCUT2D eigenvalue weighted by molar-refractivity contribution is -0.116. The molecule has 0 N–H and O–H groups in total. The highest BCUT2D eigenvalue weighted by Crippen LogP contribution is 2.27. The van der Waals surface area contributed by atoms with Gasteiger partial charge in [0.05, 0.1) is 29.0 Å². The highest BCUT2D eigenvalue weighted by atomic mass is 32.2. The molecule has 1 aliphatic rings. The van der Waals surface area contributed by atoms with Gasteiger partial charge in [0, 0.05) is 25.4 Å². The number of hydrogen-bond acceptors (Lipinski definition) is 8. The van der Waals surface area contributed by atoms with Crippen molar-refractivity contribution in [1.29, 1.82) is 0 Å². The van der Waals surface area contributed by atoms with E-state index >= 15 is 0 Å². The van der Waals surface area contributed by atoms with Crippen LogP contribution in [0.2, 0.25) is 0 Å². The number of esters is 1. The third kappa shape index (κ3) is 7.00. The fourth-order valence-electron chi connectivity index (χ4n) is 4.45. The van der Waals surface area contributed by atoms with Crippen molar-refractivity contribution in [2.24, 2.45) is 4.99 Å². The van der Waals surface area contributed by atoms with Crippen LogP contribution in [-0.2, 0) is 41.9 Å². The van der Waals surface area contributed by atoms with Crippen LogP contribution in [0.5, 0.6) is 0 Å². The number of anilines is 1. The molecule has 12 heteroatoms. The largest absolute Gasteiger partial charge is 0.462 e. The molecule has 0 radical (unpaired) electrons. The molecule has 0 unspecified atom stereocenters. The van der Waals surface area contributed by atoms with E-state index in [9.17, 15) is 22.8 Å². The average Bonchev–Trinajstić information content (AvgIpc) is 3.23. The molecule has 0 atom stereocenters. The molecule has 4 rings (SSSR count). The molecule has 0 fully saturated rings. The Balaban J connectivity index is 1.56. The second-order valence-electron chi connectivity index (χ2n) is 8.95. The van der Waals surface area contributed by atoms with Crippen molar-refractivity contribution in [3.05, 3.63) is 58.4 Å². The molecule has 208 valence electrons. The number of hydrogen-bond donors (Lipinski definition) is 0. The van der Waals surface area contributed by atoms with E-state index in [0.717, 1.165) is 35.3 Å². The minimum Gasteiger partial charge on any atom is -0.462 e. The summed E-state index contributed by atoms with van der Waals surface area (Å²) in [6.45, 7) is 5.50. The van der Waals surface area contributed by atoms with Crippen molar-refractivity contribution in [3.63, 3.8) is 0 Å². The Kier molecular flexibility index (Phi) is 9.31. The number of thiazole rings is 1. The zero-order chi connectivity index (χ0) is 28.0. The van der Waals surface area contributed by atoms with Crippen molar-refractivity contribution in [3.8, 4) is 0 Å². The van der Waals surface area contributed by atoms with Crippen molar-refractivity contribution >= 4 is 54.9 Å². The van der Waals surface area contributed by atoms with Crippen LogP contribution in [-0.4, -0.2) is 68.6 Å². The molecule has 10 nitrogen and oxygen atoms in total. The van der Waals surface area contributed by atoms with E-state index in [2.05, 4.69) is 4.99 Å². The molecule has 0 aliphatic carbocycles. The first-order valence-corrected chi connectivity index (χ1v) is 15.4. The number of nitrogens with zero attached hydrogens (tertiary/aromatic N) is 3. The molecular formula is C27H31N3O7S2. The van der Waals surface area contributed by atoms with Crippen LogP contribution in [0, 0.1) is 0 Å². The summed E-state index contributed by atoms with van der Waals surface area (Å²) in [5, 5.41) is 0. The van der Waals surface area contributed by atoms with Gasteiger partial charge in [-0.2, -0.15) is 4.99 Å². The summed E-state index contributed by atoms with van der Waals surface area (Å²) in [7, 11) is -4.07. The lowest BCUT2D eigenvalue weighted by Gasteiger charge is -2.29. The van der Waals surface area contributed by atoms with Gasteiger partial charge < -0.3 is 18.9 Å². The van der Waals surface area contributed by atoms with Gasteiger partial charge in [0.2, 0.25) is 5.91 Å². The lowest BCUT2D eigenvalue weighted by Crippen LogP contribution is -2.40. The topological polar surface area (TPSA) is 124 Å². The van der Waals surface area contributed by atoms with Crippen LogP contribution in [0.1, 0.15) is 36.2 Å². The van der Waals surface area contributed by atoms with Gasteiger partial charge in [-0.15, -0.1) is 0 Å². The number of sulfone groups is 1. The number of carbonyl (C=O) groups excluding carboxylic acids is 3. The number of rotatable bonds is 10. The summed E-state index contributed by atoms with van der Waals surface area (Å²) in [5.74, 6) is -3.56. The Bertz CT molecular complexity index is 1560. The van der Waals surface area contributed by atoms with Crippen molar-refractivity contribution < 1.29 is 32.3 Å². The van der Waals surface area contributed by atoms with Crippen molar-refractivity contribution in [1.82, 2.24) is 4.57 Å². The number of amides is 2. The zero-order valence-electron chi connectivity index (χ0n) is 21.9. The smallest absolute Gasteiger partial charge is 0.338 e. The van der Waals surface area contributed by atoms with Crippen LogP contribution in [0.3, 0.4) is 0 Å². The van der Waals surface area contributed by atoms with Crippen molar-refractivity contribution in [2.75, 3.05) is 42.8 Å². The van der Waals surface area contributed by atoms with Crippen LogP contribution in [0.25, 0.3) is 10.2 Å². The van der Waals surface area contributed by atoms with Crippen LogP contribution in [0.4, 0.5) is 5.69 Å². The molecule has 2 amide bonds. The second kappa shape index (κ2) is 12.7. The molecule has 1 aromatic heterocycles. The van der Waals surface area contributed by atoms with Gasteiger partial charge in [-0.1, -0.05) is 29.5 Å². The molecule has 0 bridgehead atoms. The molecule has 39 heavy (non-hydrogen) atoms. The standard InChI is InChI=1S/C27H31N3O7S2/c1-3-36-15-14-30-22-12-11-20(26(33)37-4-2)16-23(22)38-27(30)28-24(31)17-39(34,35)18-25(32)29-13-7-9-19-8-5-6-10-21(19)29/h5-6,8,10-12,16H,3-4,7,9,13-15,17-18H2,1-2H3. The van der Waals surface area contributed by atoms with Crippen LogP contribution in [0.15, 0.2) is 47.5 Å². The predicted octanol–water partition coefficient (Wildman–Crippen LogP) is 2.74. The molecule has 0 spiro atoms. The number of benzene rings is 2. The van der Waals surface area contributed by atoms with E-state index in [1.807, 2.05) is 25.1 Å². The Morgan fingerprint density at radius 3 is 2.62 bits per heavy atom. The van der Waals surface area contributed by atoms with E-state index < -0.39 is 39.1 Å². The fraction of sp³-hybridized carbons (Fsp3) is 0.407. The van der Waals surface area contributed by atoms with E-state index in [-0.39, 0.29) is 11.4 Å². The molecule has 2 heterocycles. The first kappa shape index (κ1) is 28.7. The minimum absolute atomic E-state index is 0.242. The molecule has 3 aromatic rings. The maximum Gasteiger partial charge on any atom is 0.338 e. The van der Waals surface area contributed by atoms with Gasteiger partial charge in [0.15, 0.2) is 14.6 Å². The lowest BCUT2D eigenvalue weighted by atomic mass is 10.0. The van der Waals surface area contributed by atoms with Gasteiger partial charge in [0.1, 0.15) is 11.5 Å². The van der Waals surface area contributed by atoms with Crippen LogP contribution >= 0.6 is 11.3 Å². The zero-order valence-corrected chi connectivity index (χ0v) is 23.6. The van der Waals surface area contributed by atoms with E-state index in [0.29, 0.717) is 42.3 Å². The minimum atomic E-state index is -4.07. The number of para-hydroxylation sites is 1. The van der Waals surface area contributed by atoms with Gasteiger partial charge in [-0.3, -0.25) is 9.59 Å². The van der Waals surface area contributed by atoms with Gasteiger partial charge in [-0.05, 0) is 56.5 Å². The first-order chi connectivity index (χ1) is 18.7. The SMILES string of the molecule is CCOCCn1c(=NC(=O)CS(=O)(=O)CC(=O)N2CCCc3ccccc32)sc2cc(C(=O)OCC)ccc21. The van der Waals surface area contributed by atoms with Crippen molar-refractivity contribution in [2.45, 2.75) is 33.2 Å². The highest BCUT2D eigenvalue weighted by Gasteiger charge is 2.28. The molecule has 1 aliphatic heterocycles. The second-order valence-corrected chi connectivity index (χ2v) is 12.0. The van der Waals surface area contributed by atoms with Gasteiger partial charge in [-0.25, -0.2) is 13.2 Å². The molecule has 0 saturated heterocycles. The summed E-state index contributed by atoms with van der Waals surface area (Å²) in [6, 6.07) is 12.4. The first-order valence-electron chi connectivity index (χ1n) is 12.8. The Morgan fingerprint density at radius 2 is 1.85 bits per heavy atom. The normalized spacial score (nSPS) is 13.9. The van der Waals surface area contributed by atoms with Crippen LogP contribution < -0.4 is 9.70 Å². The molecular weight excluding hydrogens is 542 g/mol. The Morgan fingerprint density at radius 1 is 1.05 bits per heavy atom. The van der Waals surface area contributed by atoms with Gasteiger partial charge in [0.25, 0.3) is 5.91 Å². The quantitative estimate of drug-likeness (QED) is 0.270. The highest BCUT2D eigenvalue weighted by molar-refractivity contribution is 7.92. The Hall–Kier alpha value is -3.35. The van der Waals surface area contributed by atoms with Gasteiger partial charge >= 0.3 is 5.97 Å². The summed E-state index contributed by atoms with van der Waals surface area (Å²) < 4.78 is 38.7. The molecule has 0 saturated carbocycles. The van der Waals surface area contributed by atoms with E-state index in [1.165, 1.54) is 4.90 Å². The number of aryl methyl sites for hydroxylation is 1. The van der Waals surface area contributed by atoms with E-state index in [1.54, 1.807) is 35.8 Å². The van der Waals surface area contributed by atoms with E-state index in [4.69, 9.17) is 9.47 Å². The maximum atomic E-state index is 12.9. The summed E-state index contributed by atoms with van der Waals surface area (Å²) in [5.41, 5.74) is 2.79. The third-order valence-corrected chi connectivity index (χ3v) is 8.59.